The van der Waals surface area contributed by atoms with Crippen LogP contribution in [0.4, 0.5) is 0 Å². The standard InChI is InChI=1S/C12H17N5/c1-4-13-11(12-14-8-15-17(12)3)10-7-5-6-9(2)16-10/h5-8,11,13H,4H2,1-3H3. The van der Waals surface area contributed by atoms with Crippen molar-refractivity contribution in [1.82, 2.24) is 25.1 Å². The smallest absolute Gasteiger partial charge is 0.149 e. The highest BCUT2D eigenvalue weighted by Gasteiger charge is 2.18. The van der Waals surface area contributed by atoms with Gasteiger partial charge in [0, 0.05) is 12.7 Å². The highest BCUT2D eigenvalue weighted by Crippen LogP contribution is 2.17. The van der Waals surface area contributed by atoms with Gasteiger partial charge < -0.3 is 5.32 Å². The van der Waals surface area contributed by atoms with Crippen LogP contribution in [0.15, 0.2) is 24.5 Å². The molecule has 0 amide bonds. The van der Waals surface area contributed by atoms with Crippen LogP contribution in [-0.4, -0.2) is 26.3 Å². The van der Waals surface area contributed by atoms with Crippen LogP contribution in [0.5, 0.6) is 0 Å². The predicted molar refractivity (Wildman–Crippen MR) is 65.5 cm³/mol. The SMILES string of the molecule is CCNC(c1cccc(C)n1)c1ncnn1C. The summed E-state index contributed by atoms with van der Waals surface area (Å²) in [6, 6.07) is 6.00. The molecule has 17 heavy (non-hydrogen) atoms. The lowest BCUT2D eigenvalue weighted by molar-refractivity contribution is 0.548. The summed E-state index contributed by atoms with van der Waals surface area (Å²) in [7, 11) is 1.89. The number of nitrogens with one attached hydrogen (secondary N) is 1. The van der Waals surface area contributed by atoms with E-state index >= 15 is 0 Å². The molecule has 0 aliphatic heterocycles. The molecule has 5 heteroatoms. The Bertz CT molecular complexity index is 491. The summed E-state index contributed by atoms with van der Waals surface area (Å²) in [6.07, 6.45) is 1.56. The van der Waals surface area contributed by atoms with Gasteiger partial charge in [-0.05, 0) is 25.6 Å². The molecule has 0 saturated carbocycles. The number of aryl methyl sites for hydroxylation is 2. The third-order valence-corrected chi connectivity index (χ3v) is 2.62. The lowest BCUT2D eigenvalue weighted by Crippen LogP contribution is -2.26. The van der Waals surface area contributed by atoms with E-state index in [9.17, 15) is 0 Å². The molecule has 0 spiro atoms. The Kier molecular flexibility index (Phi) is 3.49. The molecule has 5 nitrogen and oxygen atoms in total. The van der Waals surface area contributed by atoms with Crippen LogP contribution in [-0.2, 0) is 7.05 Å². The number of hydrogen-bond donors (Lipinski definition) is 1. The van der Waals surface area contributed by atoms with Crippen LogP contribution in [0.2, 0.25) is 0 Å². The largest absolute Gasteiger partial charge is 0.303 e. The second-order valence-electron chi connectivity index (χ2n) is 3.94. The van der Waals surface area contributed by atoms with Crippen LogP contribution >= 0.6 is 0 Å². The number of rotatable bonds is 4. The fraction of sp³-hybridized carbons (Fsp3) is 0.417. The highest BCUT2D eigenvalue weighted by atomic mass is 15.3. The summed E-state index contributed by atoms with van der Waals surface area (Å²) in [5.74, 6) is 0.880. The first kappa shape index (κ1) is 11.7. The summed E-state index contributed by atoms with van der Waals surface area (Å²) in [5, 5.41) is 7.49. The van der Waals surface area contributed by atoms with Crippen molar-refractivity contribution in [2.75, 3.05) is 6.54 Å². The number of hydrogen-bond acceptors (Lipinski definition) is 4. The molecule has 0 aliphatic rings. The summed E-state index contributed by atoms with van der Waals surface area (Å²) in [6.45, 7) is 4.91. The molecule has 2 aromatic rings. The molecule has 2 aromatic heterocycles. The van der Waals surface area contributed by atoms with Gasteiger partial charge in [-0.25, -0.2) is 4.98 Å². The third-order valence-electron chi connectivity index (χ3n) is 2.62. The molecular weight excluding hydrogens is 214 g/mol. The second kappa shape index (κ2) is 5.05. The first-order valence-corrected chi connectivity index (χ1v) is 5.73. The van der Waals surface area contributed by atoms with Gasteiger partial charge in [-0.3, -0.25) is 9.67 Å². The molecule has 2 rings (SSSR count). The third kappa shape index (κ3) is 2.50. The Hall–Kier alpha value is -1.75. The van der Waals surface area contributed by atoms with E-state index < -0.39 is 0 Å². The maximum atomic E-state index is 4.55. The fourth-order valence-electron chi connectivity index (χ4n) is 1.82. The zero-order valence-electron chi connectivity index (χ0n) is 10.4. The minimum absolute atomic E-state index is 0.00704. The number of pyridine rings is 1. The van der Waals surface area contributed by atoms with Crippen LogP contribution in [0.25, 0.3) is 0 Å². The van der Waals surface area contributed by atoms with E-state index in [1.807, 2.05) is 32.2 Å². The van der Waals surface area contributed by atoms with Crippen LogP contribution in [0.1, 0.15) is 30.2 Å². The van der Waals surface area contributed by atoms with E-state index in [0.29, 0.717) is 0 Å². The molecular formula is C12H17N5. The van der Waals surface area contributed by atoms with Gasteiger partial charge in [0.05, 0.1) is 5.69 Å². The Morgan fingerprint density at radius 3 is 2.82 bits per heavy atom. The van der Waals surface area contributed by atoms with Crippen molar-refractivity contribution >= 4 is 0 Å². The minimum atomic E-state index is -0.00704. The van der Waals surface area contributed by atoms with Gasteiger partial charge in [-0.2, -0.15) is 5.10 Å². The van der Waals surface area contributed by atoms with Gasteiger partial charge in [0.2, 0.25) is 0 Å². The molecule has 1 N–H and O–H groups in total. The monoisotopic (exact) mass is 231 g/mol. The quantitative estimate of drug-likeness (QED) is 0.859. The van der Waals surface area contributed by atoms with E-state index in [4.69, 9.17) is 0 Å². The maximum absolute atomic E-state index is 4.55. The van der Waals surface area contributed by atoms with Crippen LogP contribution in [0, 0.1) is 6.92 Å². The van der Waals surface area contributed by atoms with Gasteiger partial charge >= 0.3 is 0 Å². The van der Waals surface area contributed by atoms with Gasteiger partial charge in [0.1, 0.15) is 18.2 Å². The molecule has 1 unspecified atom stereocenters. The Morgan fingerprint density at radius 1 is 1.41 bits per heavy atom. The first-order chi connectivity index (χ1) is 8.22. The number of nitrogens with zero attached hydrogens (tertiary/aromatic N) is 4. The van der Waals surface area contributed by atoms with Gasteiger partial charge in [0.15, 0.2) is 0 Å². The van der Waals surface area contributed by atoms with Crippen molar-refractivity contribution in [2.24, 2.45) is 7.05 Å². The lowest BCUT2D eigenvalue weighted by Gasteiger charge is -2.16. The molecule has 90 valence electrons. The predicted octanol–water partition coefficient (Wildman–Crippen LogP) is 1.22. The van der Waals surface area contributed by atoms with Crippen molar-refractivity contribution in [1.29, 1.82) is 0 Å². The first-order valence-electron chi connectivity index (χ1n) is 5.73. The van der Waals surface area contributed by atoms with Gasteiger partial charge in [0.25, 0.3) is 0 Å². The minimum Gasteiger partial charge on any atom is -0.303 e. The maximum Gasteiger partial charge on any atom is 0.149 e. The molecule has 2 heterocycles. The van der Waals surface area contributed by atoms with Crippen molar-refractivity contribution in [3.63, 3.8) is 0 Å². The van der Waals surface area contributed by atoms with E-state index in [2.05, 4.69) is 27.3 Å². The van der Waals surface area contributed by atoms with Crippen molar-refractivity contribution in [2.45, 2.75) is 19.9 Å². The molecule has 0 aliphatic carbocycles. The van der Waals surface area contributed by atoms with E-state index in [-0.39, 0.29) is 6.04 Å². The molecule has 0 radical (unpaired) electrons. The summed E-state index contributed by atoms with van der Waals surface area (Å²) < 4.78 is 1.78. The summed E-state index contributed by atoms with van der Waals surface area (Å²) >= 11 is 0. The van der Waals surface area contributed by atoms with Crippen molar-refractivity contribution < 1.29 is 0 Å². The molecule has 1 atom stereocenters. The zero-order valence-corrected chi connectivity index (χ0v) is 10.4. The van der Waals surface area contributed by atoms with Gasteiger partial charge in [-0.1, -0.05) is 13.0 Å². The van der Waals surface area contributed by atoms with Crippen LogP contribution < -0.4 is 5.32 Å². The Labute approximate surface area is 101 Å². The zero-order chi connectivity index (χ0) is 12.3. The van der Waals surface area contributed by atoms with Crippen LogP contribution in [0.3, 0.4) is 0 Å². The lowest BCUT2D eigenvalue weighted by atomic mass is 10.1. The average Bonchev–Trinajstić information content (AvgIpc) is 2.72. The summed E-state index contributed by atoms with van der Waals surface area (Å²) in [4.78, 5) is 8.84. The van der Waals surface area contributed by atoms with Crippen molar-refractivity contribution in [3.8, 4) is 0 Å². The molecule has 0 aromatic carbocycles. The van der Waals surface area contributed by atoms with Gasteiger partial charge in [-0.15, -0.1) is 0 Å². The topological polar surface area (TPSA) is 55.6 Å². The molecule has 0 saturated heterocycles. The molecule has 0 fully saturated rings. The van der Waals surface area contributed by atoms with E-state index in [1.165, 1.54) is 0 Å². The van der Waals surface area contributed by atoms with E-state index in [0.717, 1.165) is 23.8 Å². The Morgan fingerprint density at radius 2 is 2.24 bits per heavy atom. The highest BCUT2D eigenvalue weighted by molar-refractivity contribution is 5.19. The normalized spacial score (nSPS) is 12.6. The molecule has 0 bridgehead atoms. The second-order valence-corrected chi connectivity index (χ2v) is 3.94. The average molecular weight is 231 g/mol. The van der Waals surface area contributed by atoms with E-state index in [1.54, 1.807) is 11.0 Å². The summed E-state index contributed by atoms with van der Waals surface area (Å²) in [5.41, 5.74) is 1.98. The fourth-order valence-corrected chi connectivity index (χ4v) is 1.82. The Balaban J connectivity index is 2.39. The van der Waals surface area contributed by atoms with Crippen molar-refractivity contribution in [3.05, 3.63) is 41.7 Å². The number of aromatic nitrogens is 4.